The van der Waals surface area contributed by atoms with E-state index in [9.17, 15) is 4.79 Å². The monoisotopic (exact) mass is 221 g/mol. The second kappa shape index (κ2) is 4.08. The smallest absolute Gasteiger partial charge is 0.354 e. The van der Waals surface area contributed by atoms with Gasteiger partial charge in [-0.15, -0.1) is 0 Å². The molecule has 16 heavy (non-hydrogen) atoms. The molecule has 0 radical (unpaired) electrons. The van der Waals surface area contributed by atoms with Crippen LogP contribution in [0.1, 0.15) is 34.6 Å². The molecule has 0 bridgehead atoms. The highest BCUT2D eigenvalue weighted by molar-refractivity contribution is 5.87. The van der Waals surface area contributed by atoms with Crippen LogP contribution in [-0.4, -0.2) is 35.1 Å². The van der Waals surface area contributed by atoms with Crippen LogP contribution in [0.15, 0.2) is 0 Å². The molecule has 1 aromatic heterocycles. The van der Waals surface area contributed by atoms with Gasteiger partial charge in [-0.25, -0.2) is 14.8 Å². The lowest BCUT2D eigenvalue weighted by atomic mass is 9.95. The van der Waals surface area contributed by atoms with Gasteiger partial charge in [0.15, 0.2) is 5.69 Å². The average molecular weight is 221 g/mol. The van der Waals surface area contributed by atoms with Crippen LogP contribution in [0.25, 0.3) is 0 Å². The van der Waals surface area contributed by atoms with Crippen LogP contribution < -0.4 is 4.90 Å². The highest BCUT2D eigenvalue weighted by Crippen LogP contribution is 2.23. The molecule has 5 nitrogen and oxygen atoms in total. The molecule has 0 saturated carbocycles. The van der Waals surface area contributed by atoms with Crippen LogP contribution in [-0.2, 0) is 12.8 Å². The topological polar surface area (TPSA) is 66.3 Å². The lowest BCUT2D eigenvalue weighted by molar-refractivity contribution is 0.0688. The van der Waals surface area contributed by atoms with Crippen LogP contribution in [0.4, 0.5) is 5.95 Å². The van der Waals surface area contributed by atoms with Crippen LogP contribution in [0.5, 0.6) is 0 Å². The van der Waals surface area contributed by atoms with Crippen molar-refractivity contribution in [3.63, 3.8) is 0 Å². The van der Waals surface area contributed by atoms with Crippen LogP contribution >= 0.6 is 0 Å². The molecule has 1 heterocycles. The summed E-state index contributed by atoms with van der Waals surface area (Å²) in [7, 11) is 3.63. The van der Waals surface area contributed by atoms with Crippen molar-refractivity contribution in [3.8, 4) is 0 Å². The molecule has 0 fully saturated rings. The summed E-state index contributed by atoms with van der Waals surface area (Å²) >= 11 is 0. The van der Waals surface area contributed by atoms with Gasteiger partial charge in [0.1, 0.15) is 0 Å². The molecule has 0 saturated heterocycles. The fraction of sp³-hybridized carbons (Fsp3) is 0.545. The minimum absolute atomic E-state index is 0.174. The first-order valence-corrected chi connectivity index (χ1v) is 5.40. The van der Waals surface area contributed by atoms with E-state index in [1.54, 1.807) is 4.90 Å². The number of hydrogen-bond donors (Lipinski definition) is 1. The lowest BCUT2D eigenvalue weighted by Gasteiger charge is -2.19. The van der Waals surface area contributed by atoms with Crippen molar-refractivity contribution in [3.05, 3.63) is 17.0 Å². The number of carbonyl (C=O) groups is 1. The van der Waals surface area contributed by atoms with Gasteiger partial charge in [-0.05, 0) is 25.7 Å². The summed E-state index contributed by atoms with van der Waals surface area (Å²) < 4.78 is 0. The zero-order chi connectivity index (χ0) is 11.7. The maximum atomic E-state index is 11.1. The van der Waals surface area contributed by atoms with Crippen molar-refractivity contribution in [2.45, 2.75) is 25.7 Å². The molecule has 0 atom stereocenters. The van der Waals surface area contributed by atoms with Crippen LogP contribution in [0.2, 0.25) is 0 Å². The normalized spacial score (nSPS) is 14.4. The Hall–Kier alpha value is -1.65. The van der Waals surface area contributed by atoms with Crippen LogP contribution in [0.3, 0.4) is 0 Å². The summed E-state index contributed by atoms with van der Waals surface area (Å²) in [5.74, 6) is -0.471. The van der Waals surface area contributed by atoms with Gasteiger partial charge in [-0.3, -0.25) is 0 Å². The average Bonchev–Trinajstić information content (AvgIpc) is 2.27. The number of nitrogens with zero attached hydrogens (tertiary/aromatic N) is 3. The quantitative estimate of drug-likeness (QED) is 0.810. The van der Waals surface area contributed by atoms with E-state index in [-0.39, 0.29) is 5.69 Å². The highest BCUT2D eigenvalue weighted by Gasteiger charge is 2.22. The molecule has 0 unspecified atom stereocenters. The van der Waals surface area contributed by atoms with Gasteiger partial charge in [0.05, 0.1) is 5.69 Å². The molecule has 1 aliphatic carbocycles. The van der Waals surface area contributed by atoms with Gasteiger partial charge in [0, 0.05) is 19.7 Å². The zero-order valence-corrected chi connectivity index (χ0v) is 9.53. The third kappa shape index (κ3) is 1.85. The van der Waals surface area contributed by atoms with Gasteiger partial charge in [-0.1, -0.05) is 0 Å². The summed E-state index contributed by atoms with van der Waals surface area (Å²) in [6.45, 7) is 0. The van der Waals surface area contributed by atoms with Crippen molar-refractivity contribution in [1.29, 1.82) is 0 Å². The summed E-state index contributed by atoms with van der Waals surface area (Å²) in [5, 5.41) is 9.14. The Bertz CT molecular complexity index is 429. The Kier molecular flexibility index (Phi) is 2.77. The maximum Gasteiger partial charge on any atom is 0.354 e. The van der Waals surface area contributed by atoms with Gasteiger partial charge < -0.3 is 10.0 Å². The van der Waals surface area contributed by atoms with E-state index in [0.29, 0.717) is 5.95 Å². The number of fused-ring (bicyclic) bond motifs is 1. The summed E-state index contributed by atoms with van der Waals surface area (Å²) in [4.78, 5) is 21.4. The number of aromatic carboxylic acids is 1. The maximum absolute atomic E-state index is 11.1. The first-order chi connectivity index (χ1) is 7.59. The summed E-state index contributed by atoms with van der Waals surface area (Å²) in [6, 6.07) is 0. The summed E-state index contributed by atoms with van der Waals surface area (Å²) in [5.41, 5.74) is 1.90. The molecule has 1 N–H and O–H groups in total. The van der Waals surface area contributed by atoms with E-state index >= 15 is 0 Å². The van der Waals surface area contributed by atoms with E-state index in [1.807, 2.05) is 14.1 Å². The van der Waals surface area contributed by atoms with Gasteiger partial charge in [0.2, 0.25) is 5.95 Å². The number of carboxylic acid groups (broad SMARTS) is 1. The predicted octanol–water partition coefficient (Wildman–Crippen LogP) is 1.12. The Morgan fingerprint density at radius 1 is 1.25 bits per heavy atom. The lowest BCUT2D eigenvalue weighted by Crippen LogP contribution is -2.20. The van der Waals surface area contributed by atoms with Crippen molar-refractivity contribution < 1.29 is 9.90 Å². The SMILES string of the molecule is CN(C)c1nc2c(c(C(=O)O)n1)CCCC2. The predicted molar refractivity (Wildman–Crippen MR) is 60.0 cm³/mol. The highest BCUT2D eigenvalue weighted by atomic mass is 16.4. The molecule has 0 amide bonds. The van der Waals surface area contributed by atoms with E-state index < -0.39 is 5.97 Å². The van der Waals surface area contributed by atoms with E-state index in [4.69, 9.17) is 5.11 Å². The second-order valence-corrected chi connectivity index (χ2v) is 4.20. The van der Waals surface area contributed by atoms with E-state index in [0.717, 1.165) is 36.9 Å². The fourth-order valence-electron chi connectivity index (χ4n) is 1.96. The Labute approximate surface area is 94.1 Å². The number of rotatable bonds is 2. The van der Waals surface area contributed by atoms with Crippen molar-refractivity contribution in [1.82, 2.24) is 9.97 Å². The Morgan fingerprint density at radius 3 is 2.56 bits per heavy atom. The van der Waals surface area contributed by atoms with Crippen molar-refractivity contribution in [2.24, 2.45) is 0 Å². The first kappa shape index (κ1) is 10.9. The standard InChI is InChI=1S/C11H15N3O2/c1-14(2)11-12-8-6-4-3-5-7(8)9(13-11)10(15)16/h3-6H2,1-2H3,(H,15,16). The van der Waals surface area contributed by atoms with E-state index in [1.165, 1.54) is 0 Å². The van der Waals surface area contributed by atoms with Crippen molar-refractivity contribution >= 4 is 11.9 Å². The number of carboxylic acids is 1. The Morgan fingerprint density at radius 2 is 1.94 bits per heavy atom. The number of hydrogen-bond acceptors (Lipinski definition) is 4. The molecule has 0 spiro atoms. The number of aromatic nitrogens is 2. The minimum Gasteiger partial charge on any atom is -0.476 e. The molecule has 1 aromatic rings. The fourth-order valence-corrected chi connectivity index (χ4v) is 1.96. The molecule has 5 heteroatoms. The zero-order valence-electron chi connectivity index (χ0n) is 9.53. The molecular formula is C11H15N3O2. The van der Waals surface area contributed by atoms with Crippen molar-refractivity contribution in [2.75, 3.05) is 19.0 Å². The van der Waals surface area contributed by atoms with Crippen LogP contribution in [0, 0.1) is 0 Å². The number of anilines is 1. The molecular weight excluding hydrogens is 206 g/mol. The van der Waals surface area contributed by atoms with E-state index in [2.05, 4.69) is 9.97 Å². The molecule has 0 aliphatic heterocycles. The van der Waals surface area contributed by atoms with Gasteiger partial charge >= 0.3 is 5.97 Å². The first-order valence-electron chi connectivity index (χ1n) is 5.40. The molecule has 1 aliphatic rings. The third-order valence-electron chi connectivity index (χ3n) is 2.77. The van der Waals surface area contributed by atoms with Gasteiger partial charge in [0.25, 0.3) is 0 Å². The minimum atomic E-state index is -0.955. The molecule has 0 aromatic carbocycles. The molecule has 86 valence electrons. The molecule has 2 rings (SSSR count). The van der Waals surface area contributed by atoms with Gasteiger partial charge in [-0.2, -0.15) is 0 Å². The Balaban J connectivity index is 2.56. The number of aryl methyl sites for hydroxylation is 1. The third-order valence-corrected chi connectivity index (χ3v) is 2.77. The second-order valence-electron chi connectivity index (χ2n) is 4.20. The largest absolute Gasteiger partial charge is 0.476 e. The summed E-state index contributed by atoms with van der Waals surface area (Å²) in [6.07, 6.45) is 3.75.